The normalized spacial score (nSPS) is 15.2. The van der Waals surface area contributed by atoms with Gasteiger partial charge in [-0.05, 0) is 24.3 Å². The Morgan fingerprint density at radius 3 is 2.52 bits per heavy atom. The monoisotopic (exact) mass is 399 g/mol. The summed E-state index contributed by atoms with van der Waals surface area (Å²) >= 11 is 0. The van der Waals surface area contributed by atoms with Crippen molar-refractivity contribution in [3.8, 4) is 0 Å². The molecule has 0 unspecified atom stereocenters. The van der Waals surface area contributed by atoms with Crippen LogP contribution in [0.2, 0.25) is 0 Å². The lowest BCUT2D eigenvalue weighted by atomic mass is 10.2. The van der Waals surface area contributed by atoms with Gasteiger partial charge in [0.2, 0.25) is 15.9 Å². The van der Waals surface area contributed by atoms with E-state index < -0.39 is 28.4 Å². The molecule has 148 valence electrons. The molecule has 0 spiro atoms. The van der Waals surface area contributed by atoms with Crippen molar-refractivity contribution in [2.75, 3.05) is 46.4 Å². The van der Waals surface area contributed by atoms with Gasteiger partial charge in [0.1, 0.15) is 6.54 Å². The van der Waals surface area contributed by atoms with Crippen LogP contribution in [0.15, 0.2) is 29.2 Å². The summed E-state index contributed by atoms with van der Waals surface area (Å²) in [5, 5.41) is 11.5. The Bertz CT molecular complexity index is 808. The molecule has 0 atom stereocenters. The van der Waals surface area contributed by atoms with Gasteiger partial charge >= 0.3 is 5.97 Å². The number of hydrogen-bond acceptors (Lipinski definition) is 6. The number of hydrogen-bond donors (Lipinski definition) is 2. The Hall–Kier alpha value is -2.50. The topological polar surface area (TPSA) is 133 Å². The van der Waals surface area contributed by atoms with Gasteiger partial charge in [0, 0.05) is 32.3 Å². The van der Waals surface area contributed by atoms with Gasteiger partial charge in [0.25, 0.3) is 5.91 Å². The molecule has 1 aliphatic rings. The largest absolute Gasteiger partial charge is 0.480 e. The molecule has 27 heavy (non-hydrogen) atoms. The molecule has 0 bridgehead atoms. The summed E-state index contributed by atoms with van der Waals surface area (Å²) in [5.74, 6) is -2.09. The highest BCUT2D eigenvalue weighted by Gasteiger charge is 2.29. The SMILES string of the molecule is COCCN(CC(=O)O)C(=O)c1ccc(S(=O)(=O)N2CCNC(=O)C2)cc1. The number of piperazine rings is 1. The number of carbonyl (C=O) groups is 3. The summed E-state index contributed by atoms with van der Waals surface area (Å²) in [7, 11) is -2.42. The van der Waals surface area contributed by atoms with Gasteiger partial charge in [-0.3, -0.25) is 14.4 Å². The second-order valence-corrected chi connectivity index (χ2v) is 7.76. The Labute approximate surface area is 156 Å². The third-order valence-electron chi connectivity index (χ3n) is 3.92. The van der Waals surface area contributed by atoms with E-state index in [0.717, 1.165) is 9.21 Å². The first-order chi connectivity index (χ1) is 12.8. The van der Waals surface area contributed by atoms with Crippen LogP contribution in [0.3, 0.4) is 0 Å². The molecule has 0 aliphatic carbocycles. The lowest BCUT2D eigenvalue weighted by molar-refractivity contribution is -0.137. The van der Waals surface area contributed by atoms with Crippen molar-refractivity contribution in [1.29, 1.82) is 0 Å². The minimum Gasteiger partial charge on any atom is -0.480 e. The van der Waals surface area contributed by atoms with E-state index in [2.05, 4.69) is 5.32 Å². The fourth-order valence-electron chi connectivity index (χ4n) is 2.54. The predicted octanol–water partition coefficient (Wildman–Crippen LogP) is -1.02. The number of aliphatic carboxylic acids is 1. The maximum absolute atomic E-state index is 12.6. The molecule has 2 N–H and O–H groups in total. The van der Waals surface area contributed by atoms with E-state index in [1.807, 2.05) is 0 Å². The third-order valence-corrected chi connectivity index (χ3v) is 5.78. The molecular weight excluding hydrogens is 378 g/mol. The van der Waals surface area contributed by atoms with Gasteiger partial charge in [-0.15, -0.1) is 0 Å². The van der Waals surface area contributed by atoms with E-state index in [1.54, 1.807) is 0 Å². The number of nitrogens with zero attached hydrogens (tertiary/aromatic N) is 2. The molecule has 1 heterocycles. The fourth-order valence-corrected chi connectivity index (χ4v) is 3.94. The van der Waals surface area contributed by atoms with E-state index in [0.29, 0.717) is 0 Å². The number of rotatable bonds is 8. The first-order valence-electron chi connectivity index (χ1n) is 8.12. The van der Waals surface area contributed by atoms with Crippen molar-refractivity contribution in [2.24, 2.45) is 0 Å². The number of carbonyl (C=O) groups excluding carboxylic acids is 2. The fraction of sp³-hybridized carbons (Fsp3) is 0.438. The van der Waals surface area contributed by atoms with Gasteiger partial charge in [0.05, 0.1) is 18.0 Å². The van der Waals surface area contributed by atoms with Gasteiger partial charge in [-0.2, -0.15) is 4.31 Å². The molecule has 11 heteroatoms. The number of sulfonamides is 1. The molecule has 2 amide bonds. The van der Waals surface area contributed by atoms with Crippen molar-refractivity contribution in [3.63, 3.8) is 0 Å². The maximum atomic E-state index is 12.6. The van der Waals surface area contributed by atoms with E-state index in [1.165, 1.54) is 31.4 Å². The lowest BCUT2D eigenvalue weighted by Gasteiger charge is -2.26. The number of amides is 2. The van der Waals surface area contributed by atoms with Gasteiger partial charge in [-0.25, -0.2) is 8.42 Å². The van der Waals surface area contributed by atoms with Crippen LogP contribution in [-0.4, -0.2) is 87.0 Å². The van der Waals surface area contributed by atoms with Crippen LogP contribution in [0.5, 0.6) is 0 Å². The molecule has 0 aromatic heterocycles. The summed E-state index contributed by atoms with van der Waals surface area (Å²) in [6.07, 6.45) is 0. The van der Waals surface area contributed by atoms with Crippen molar-refractivity contribution in [3.05, 3.63) is 29.8 Å². The summed E-state index contributed by atoms with van der Waals surface area (Å²) < 4.78 is 31.1. The Balaban J connectivity index is 2.18. The van der Waals surface area contributed by atoms with Crippen molar-refractivity contribution >= 4 is 27.8 Å². The molecule has 2 rings (SSSR count). The van der Waals surface area contributed by atoms with Crippen LogP contribution in [0.1, 0.15) is 10.4 Å². The number of methoxy groups -OCH3 is 1. The Morgan fingerprint density at radius 1 is 1.30 bits per heavy atom. The van der Waals surface area contributed by atoms with Crippen LogP contribution >= 0.6 is 0 Å². The van der Waals surface area contributed by atoms with Crippen LogP contribution in [0.4, 0.5) is 0 Å². The van der Waals surface area contributed by atoms with Gasteiger partial charge in [-0.1, -0.05) is 0 Å². The number of carboxylic acids is 1. The average molecular weight is 399 g/mol. The molecule has 0 saturated carbocycles. The summed E-state index contributed by atoms with van der Waals surface area (Å²) in [4.78, 5) is 35.9. The molecule has 1 aromatic rings. The standard InChI is InChI=1S/C16H21N3O7S/c1-26-9-8-18(11-15(21)22)16(23)12-2-4-13(5-3-12)27(24,25)19-7-6-17-14(20)10-19/h2-5H,6-11H2,1H3,(H,17,20)(H,21,22). The number of ether oxygens (including phenoxy) is 1. The zero-order valence-electron chi connectivity index (χ0n) is 14.8. The maximum Gasteiger partial charge on any atom is 0.323 e. The van der Waals surface area contributed by atoms with Crippen molar-refractivity contribution < 1.29 is 32.6 Å². The summed E-state index contributed by atoms with van der Waals surface area (Å²) in [5.41, 5.74) is 0.155. The molecule has 1 fully saturated rings. The highest BCUT2D eigenvalue weighted by atomic mass is 32.2. The Kier molecular flexibility index (Phi) is 6.88. The summed E-state index contributed by atoms with van der Waals surface area (Å²) in [6, 6.07) is 5.18. The summed E-state index contributed by atoms with van der Waals surface area (Å²) in [6.45, 7) is -0.0962. The van der Waals surface area contributed by atoms with Crippen LogP contribution in [0.25, 0.3) is 0 Å². The predicted molar refractivity (Wildman–Crippen MR) is 93.6 cm³/mol. The van der Waals surface area contributed by atoms with Crippen LogP contribution < -0.4 is 5.32 Å². The smallest absolute Gasteiger partial charge is 0.323 e. The molecule has 10 nitrogen and oxygen atoms in total. The highest BCUT2D eigenvalue weighted by Crippen LogP contribution is 2.18. The molecule has 1 aliphatic heterocycles. The highest BCUT2D eigenvalue weighted by molar-refractivity contribution is 7.89. The molecular formula is C16H21N3O7S. The Morgan fingerprint density at radius 2 is 1.96 bits per heavy atom. The minimum absolute atomic E-state index is 0.0459. The number of carboxylic acid groups (broad SMARTS) is 1. The molecule has 1 aromatic carbocycles. The van der Waals surface area contributed by atoms with Crippen molar-refractivity contribution in [1.82, 2.24) is 14.5 Å². The lowest BCUT2D eigenvalue weighted by Crippen LogP contribution is -2.49. The van der Waals surface area contributed by atoms with Gasteiger partial charge < -0.3 is 20.1 Å². The quantitative estimate of drug-likeness (QED) is 0.572. The zero-order valence-corrected chi connectivity index (χ0v) is 15.6. The van der Waals surface area contributed by atoms with E-state index in [9.17, 15) is 22.8 Å². The van der Waals surface area contributed by atoms with E-state index in [-0.39, 0.29) is 49.2 Å². The van der Waals surface area contributed by atoms with Gasteiger partial charge in [0.15, 0.2) is 0 Å². The number of benzene rings is 1. The zero-order chi connectivity index (χ0) is 20.0. The van der Waals surface area contributed by atoms with Crippen LogP contribution in [0, 0.1) is 0 Å². The van der Waals surface area contributed by atoms with E-state index >= 15 is 0 Å². The second-order valence-electron chi connectivity index (χ2n) is 5.83. The van der Waals surface area contributed by atoms with E-state index in [4.69, 9.17) is 9.84 Å². The average Bonchev–Trinajstić information content (AvgIpc) is 2.64. The third kappa shape index (κ3) is 5.25. The first-order valence-corrected chi connectivity index (χ1v) is 9.56. The van der Waals surface area contributed by atoms with Crippen molar-refractivity contribution in [2.45, 2.75) is 4.90 Å². The first kappa shape index (κ1) is 20.8. The minimum atomic E-state index is -3.86. The second kappa shape index (κ2) is 8.93. The number of nitrogens with one attached hydrogen (secondary N) is 1. The molecule has 1 saturated heterocycles. The molecule has 0 radical (unpaired) electrons. The van der Waals surface area contributed by atoms with Crippen LogP contribution in [-0.2, 0) is 24.3 Å².